The van der Waals surface area contributed by atoms with Crippen molar-refractivity contribution in [3.05, 3.63) is 59.8 Å². The summed E-state index contributed by atoms with van der Waals surface area (Å²) in [6.45, 7) is 1.15. The average Bonchev–Trinajstić information content (AvgIpc) is 2.72. The molecule has 0 bridgehead atoms. The molecule has 0 aliphatic carbocycles. The lowest BCUT2D eigenvalue weighted by Crippen LogP contribution is -2.59. The van der Waals surface area contributed by atoms with Gasteiger partial charge in [0.1, 0.15) is 5.75 Å². The molecule has 2 aromatic rings. The maximum Gasteiger partial charge on any atom is 0.274 e. The van der Waals surface area contributed by atoms with Gasteiger partial charge in [-0.3, -0.25) is 19.6 Å². The number of rotatable bonds is 5. The van der Waals surface area contributed by atoms with Gasteiger partial charge in [-0.05, 0) is 31.3 Å². The number of benzene rings is 2. The molecule has 10 nitrogen and oxygen atoms in total. The van der Waals surface area contributed by atoms with E-state index in [1.54, 1.807) is 0 Å². The molecule has 0 saturated heterocycles. The Morgan fingerprint density at radius 2 is 1.80 bits per heavy atom. The molecule has 3 rings (SSSR count). The molecular weight excluding hydrogens is 414 g/mol. The number of primary amides is 1. The van der Waals surface area contributed by atoms with Crippen LogP contribution in [0.5, 0.6) is 5.75 Å². The topological polar surface area (TPSA) is 176 Å². The first-order chi connectivity index (χ1) is 14.1. The number of aromatic hydroxyl groups is 1. The second-order valence-electron chi connectivity index (χ2n) is 6.49. The predicted octanol–water partition coefficient (Wildman–Crippen LogP) is 0.252. The molecule has 11 heteroatoms. The first kappa shape index (κ1) is 21.0. The van der Waals surface area contributed by atoms with E-state index < -0.39 is 43.0 Å². The van der Waals surface area contributed by atoms with Gasteiger partial charge in [-0.1, -0.05) is 24.3 Å². The highest BCUT2D eigenvalue weighted by Gasteiger charge is 2.50. The molecule has 156 valence electrons. The number of amides is 2. The molecule has 30 heavy (non-hydrogen) atoms. The minimum absolute atomic E-state index is 0.0403. The summed E-state index contributed by atoms with van der Waals surface area (Å²) in [5, 5.41) is 21.8. The second-order valence-corrected chi connectivity index (χ2v) is 8.58. The first-order valence-corrected chi connectivity index (χ1v) is 9.97. The number of carbonyl (C=O) groups is 3. The van der Waals surface area contributed by atoms with Crippen LogP contribution in [0.1, 0.15) is 17.3 Å². The monoisotopic (exact) mass is 431 g/mol. The number of dihydropyridines is 1. The lowest BCUT2D eigenvalue weighted by Gasteiger charge is -2.31. The highest BCUT2D eigenvalue weighted by Crippen LogP contribution is 2.38. The van der Waals surface area contributed by atoms with Crippen molar-refractivity contribution in [1.82, 2.24) is 10.8 Å². The van der Waals surface area contributed by atoms with Crippen LogP contribution >= 0.6 is 0 Å². The van der Waals surface area contributed by atoms with Crippen molar-refractivity contribution < 1.29 is 33.1 Å². The number of hydroxylamine groups is 1. The van der Waals surface area contributed by atoms with Gasteiger partial charge in [0.2, 0.25) is 14.7 Å². The molecule has 0 spiro atoms. The Hall–Kier alpha value is -3.70. The highest BCUT2D eigenvalue weighted by molar-refractivity contribution is 7.94. The van der Waals surface area contributed by atoms with Gasteiger partial charge in [-0.2, -0.15) is 0 Å². The van der Waals surface area contributed by atoms with Gasteiger partial charge in [0, 0.05) is 16.3 Å². The van der Waals surface area contributed by atoms with E-state index in [9.17, 15) is 27.9 Å². The predicted molar refractivity (Wildman–Crippen MR) is 105 cm³/mol. The Morgan fingerprint density at radius 3 is 2.37 bits per heavy atom. The number of nitrogens with two attached hydrogens (primary N) is 1. The van der Waals surface area contributed by atoms with Crippen molar-refractivity contribution in [2.75, 3.05) is 0 Å². The Labute approximate surface area is 170 Å². The zero-order valence-corrected chi connectivity index (χ0v) is 16.4. The van der Waals surface area contributed by atoms with Crippen molar-refractivity contribution in [2.24, 2.45) is 5.73 Å². The zero-order chi connectivity index (χ0) is 22.3. The molecule has 1 aliphatic heterocycles. The molecule has 6 N–H and O–H groups in total. The summed E-state index contributed by atoms with van der Waals surface area (Å²) in [4.78, 5) is 33.1. The molecular formula is C19H17N3O7S. The van der Waals surface area contributed by atoms with Crippen LogP contribution in [0.4, 0.5) is 0 Å². The van der Waals surface area contributed by atoms with Crippen LogP contribution < -0.4 is 16.5 Å². The Kier molecular flexibility index (Phi) is 5.10. The third-order valence-corrected chi connectivity index (χ3v) is 6.92. The summed E-state index contributed by atoms with van der Waals surface area (Å²) in [7, 11) is -4.74. The quantitative estimate of drug-likeness (QED) is 0.254. The van der Waals surface area contributed by atoms with E-state index in [0.29, 0.717) is 0 Å². The maximum absolute atomic E-state index is 13.7. The number of phenols is 1. The van der Waals surface area contributed by atoms with Gasteiger partial charge >= 0.3 is 0 Å². The minimum Gasteiger partial charge on any atom is -0.507 e. The van der Waals surface area contributed by atoms with E-state index in [0.717, 1.165) is 31.3 Å². The van der Waals surface area contributed by atoms with Gasteiger partial charge < -0.3 is 16.2 Å². The van der Waals surface area contributed by atoms with Crippen molar-refractivity contribution in [3.8, 4) is 5.75 Å². The lowest BCUT2D eigenvalue weighted by atomic mass is 10.0. The van der Waals surface area contributed by atoms with Gasteiger partial charge in [0.15, 0.2) is 5.78 Å². The molecule has 2 amide bonds. The smallest absolute Gasteiger partial charge is 0.274 e. The molecule has 0 aromatic heterocycles. The molecule has 0 fully saturated rings. The summed E-state index contributed by atoms with van der Waals surface area (Å²) in [5.74, 6) is -3.42. The third kappa shape index (κ3) is 3.00. The molecule has 1 atom stereocenters. The number of fused-ring (bicyclic) bond motifs is 1. The van der Waals surface area contributed by atoms with Crippen molar-refractivity contribution in [1.29, 1.82) is 0 Å². The summed E-state index contributed by atoms with van der Waals surface area (Å²) in [6.07, 6.45) is 2.94. The van der Waals surface area contributed by atoms with E-state index in [2.05, 4.69) is 5.32 Å². The van der Waals surface area contributed by atoms with E-state index in [-0.39, 0.29) is 21.9 Å². The second kappa shape index (κ2) is 7.28. The number of hydrogen-bond donors (Lipinski definition) is 5. The third-order valence-electron chi connectivity index (χ3n) is 4.72. The van der Waals surface area contributed by atoms with E-state index in [4.69, 9.17) is 10.9 Å². The van der Waals surface area contributed by atoms with Crippen molar-refractivity contribution in [2.45, 2.75) is 16.7 Å². The number of phenolic OH excluding ortho intramolecular Hbond substituents is 1. The number of nitrogens with one attached hydrogen (secondary N) is 2. The van der Waals surface area contributed by atoms with Crippen molar-refractivity contribution >= 4 is 38.2 Å². The summed E-state index contributed by atoms with van der Waals surface area (Å²) >= 11 is 0. The minimum atomic E-state index is -4.74. The maximum atomic E-state index is 13.7. The van der Waals surface area contributed by atoms with Gasteiger partial charge in [0.25, 0.3) is 11.8 Å². The number of Topliss-reactive ketones (excluding diaryl/α,β-unsaturated/α-hetero) is 1. The van der Waals surface area contributed by atoms with E-state index in [1.165, 1.54) is 29.7 Å². The molecule has 1 heterocycles. The standard InChI is InChI=1S/C19H17N3O7S/c1-10(23)14-8-15(12-4-2-3-5-13(12)16(14)24)30(28,29)19(18(20)26)9-11(6-7-21-19)17(25)22-27/h2-9,21,24,27H,1H3,(H2,20,26)(H,22,25). The van der Waals surface area contributed by atoms with Gasteiger partial charge in [-0.15, -0.1) is 0 Å². The van der Waals surface area contributed by atoms with Crippen LogP contribution in [-0.4, -0.2) is 41.2 Å². The van der Waals surface area contributed by atoms with Gasteiger partial charge in [0.05, 0.1) is 10.5 Å². The van der Waals surface area contributed by atoms with Crippen LogP contribution in [0.2, 0.25) is 0 Å². The van der Waals surface area contributed by atoms with Gasteiger partial charge in [-0.25, -0.2) is 13.9 Å². The van der Waals surface area contributed by atoms with Crippen LogP contribution in [0.15, 0.2) is 59.2 Å². The Morgan fingerprint density at radius 1 is 1.17 bits per heavy atom. The number of carbonyl (C=O) groups excluding carboxylic acids is 3. The average molecular weight is 431 g/mol. The van der Waals surface area contributed by atoms with E-state index in [1.807, 2.05) is 0 Å². The van der Waals surface area contributed by atoms with Crippen LogP contribution in [0.25, 0.3) is 10.8 Å². The SMILES string of the molecule is CC(=O)c1cc(S(=O)(=O)C2(C(N)=O)C=C(C(=O)NO)C=CN2)c2ccccc2c1O. The summed E-state index contributed by atoms with van der Waals surface area (Å²) in [6, 6.07) is 6.82. The lowest BCUT2D eigenvalue weighted by molar-refractivity contribution is -0.125. The van der Waals surface area contributed by atoms with Crippen LogP contribution in [0, 0.1) is 0 Å². The largest absolute Gasteiger partial charge is 0.507 e. The number of ketones is 1. The molecule has 0 saturated carbocycles. The normalized spacial score (nSPS) is 18.4. The summed E-state index contributed by atoms with van der Waals surface area (Å²) < 4.78 is 27.4. The molecule has 1 unspecified atom stereocenters. The summed E-state index contributed by atoms with van der Waals surface area (Å²) in [5.41, 5.74) is 6.18. The number of sulfone groups is 1. The fourth-order valence-corrected chi connectivity index (χ4v) is 5.05. The molecule has 2 aromatic carbocycles. The fourth-order valence-electron chi connectivity index (χ4n) is 3.19. The zero-order valence-electron chi connectivity index (χ0n) is 15.5. The highest BCUT2D eigenvalue weighted by atomic mass is 32.2. The van der Waals surface area contributed by atoms with Crippen molar-refractivity contribution in [3.63, 3.8) is 0 Å². The number of hydrogen-bond acceptors (Lipinski definition) is 8. The van der Waals surface area contributed by atoms with E-state index >= 15 is 0 Å². The van der Waals surface area contributed by atoms with Crippen LogP contribution in [0.3, 0.4) is 0 Å². The molecule has 1 aliphatic rings. The Bertz CT molecular complexity index is 1260. The van der Waals surface area contributed by atoms with Crippen LogP contribution in [-0.2, 0) is 19.4 Å². The Balaban J connectivity index is 2.40. The first-order valence-electron chi connectivity index (χ1n) is 8.48. The fraction of sp³-hybridized carbons (Fsp3) is 0.105. The molecule has 0 radical (unpaired) electrons.